The first-order valence-electron chi connectivity index (χ1n) is 11.1. The van der Waals surface area contributed by atoms with Crippen LogP contribution in [-0.4, -0.2) is 48.0 Å². The number of hydrogen-bond acceptors (Lipinski definition) is 5. The third-order valence-corrected chi connectivity index (χ3v) is 5.27. The number of likely N-dealkylation sites (N-methyl/N-ethyl adjacent to an activating group) is 1. The average Bonchev–Trinajstić information content (AvgIpc) is 3.41. The second-order valence-electron chi connectivity index (χ2n) is 7.60. The first-order chi connectivity index (χ1) is 16.4. The number of aromatic nitrogens is 2. The van der Waals surface area contributed by atoms with Gasteiger partial charge in [0.05, 0.1) is 18.4 Å². The van der Waals surface area contributed by atoms with Gasteiger partial charge in [0.15, 0.2) is 6.29 Å². The maximum absolute atomic E-state index is 14.0. The Labute approximate surface area is 200 Å². The molecule has 3 aromatic rings. The van der Waals surface area contributed by atoms with Crippen molar-refractivity contribution in [1.29, 1.82) is 5.26 Å². The van der Waals surface area contributed by atoms with Gasteiger partial charge >= 0.3 is 0 Å². The molecule has 1 aromatic heterocycles. The van der Waals surface area contributed by atoms with Gasteiger partial charge in [0.2, 0.25) is 0 Å². The predicted octanol–water partition coefficient (Wildman–Crippen LogP) is 5.58. The highest BCUT2D eigenvalue weighted by Gasteiger charge is 2.18. The van der Waals surface area contributed by atoms with Crippen LogP contribution in [0.25, 0.3) is 17.1 Å². The van der Waals surface area contributed by atoms with Gasteiger partial charge in [-0.1, -0.05) is 26.0 Å². The van der Waals surface area contributed by atoms with Gasteiger partial charge in [0, 0.05) is 24.3 Å². The van der Waals surface area contributed by atoms with Crippen LogP contribution in [0.15, 0.2) is 54.6 Å². The number of rotatable bonds is 4. The molecule has 34 heavy (non-hydrogen) atoms. The molecule has 0 unspecified atom stereocenters. The summed E-state index contributed by atoms with van der Waals surface area (Å²) >= 11 is 0. The van der Waals surface area contributed by atoms with Gasteiger partial charge in [-0.2, -0.15) is 5.26 Å². The van der Waals surface area contributed by atoms with Gasteiger partial charge < -0.3 is 9.64 Å². The summed E-state index contributed by atoms with van der Waals surface area (Å²) in [4.78, 5) is 17.9. The van der Waals surface area contributed by atoms with Gasteiger partial charge in [-0.3, -0.25) is 9.36 Å². The molecule has 7 heteroatoms. The lowest BCUT2D eigenvalue weighted by atomic mass is 10.1. The van der Waals surface area contributed by atoms with E-state index < -0.39 is 5.82 Å². The smallest absolute Gasteiger partial charge is 0.170 e. The quantitative estimate of drug-likeness (QED) is 0.374. The van der Waals surface area contributed by atoms with Crippen molar-refractivity contribution in [2.45, 2.75) is 27.2 Å². The molecule has 0 bridgehead atoms. The molecule has 0 radical (unpaired) electrons. The number of halogens is 1. The number of benzene rings is 2. The van der Waals surface area contributed by atoms with Gasteiger partial charge in [0.25, 0.3) is 0 Å². The predicted molar refractivity (Wildman–Crippen MR) is 133 cm³/mol. The first kappa shape index (κ1) is 26.5. The Morgan fingerprint density at radius 2 is 1.88 bits per heavy atom. The standard InChI is InChI=1S/C19H14FN3O2.C6H11N.C2H6/c1-12-18(11-24)22-19(13-3-4-14(10-21)17(20)9-13)23(12)15-5-7-16(25-2)8-6-15;1-6-3-4-7(2)5-6;1-2/h3-9,11H,1-2H3;1,3-5H2,2H3;1-2H3. The molecule has 2 aromatic carbocycles. The van der Waals surface area contributed by atoms with Crippen molar-refractivity contribution in [3.8, 4) is 28.9 Å². The summed E-state index contributed by atoms with van der Waals surface area (Å²) in [5, 5.41) is 8.88. The van der Waals surface area contributed by atoms with Gasteiger partial charge in [-0.15, -0.1) is 0 Å². The van der Waals surface area contributed by atoms with Crippen molar-refractivity contribution in [2.24, 2.45) is 0 Å². The maximum atomic E-state index is 14.0. The van der Waals surface area contributed by atoms with Gasteiger partial charge in [0.1, 0.15) is 29.2 Å². The summed E-state index contributed by atoms with van der Waals surface area (Å²) in [6, 6.07) is 13.3. The highest BCUT2D eigenvalue weighted by molar-refractivity contribution is 5.77. The molecule has 0 atom stereocenters. The van der Waals surface area contributed by atoms with Gasteiger partial charge in [-0.05, 0) is 62.9 Å². The molecule has 0 aliphatic carbocycles. The number of carbonyl (C=O) groups is 1. The summed E-state index contributed by atoms with van der Waals surface area (Å²) in [5.41, 5.74) is 3.49. The lowest BCUT2D eigenvalue weighted by molar-refractivity contribution is 0.111. The Morgan fingerprint density at radius 3 is 2.32 bits per heavy atom. The van der Waals surface area contributed by atoms with Crippen LogP contribution in [0.2, 0.25) is 0 Å². The number of carbonyl (C=O) groups excluding carboxylic acids is 1. The number of nitrogens with zero attached hydrogens (tertiary/aromatic N) is 4. The van der Waals surface area contributed by atoms with E-state index in [0.29, 0.717) is 29.1 Å². The monoisotopic (exact) mass is 462 g/mol. The number of aldehydes is 1. The second kappa shape index (κ2) is 12.5. The van der Waals surface area contributed by atoms with E-state index in [2.05, 4.69) is 23.5 Å². The van der Waals surface area contributed by atoms with Crippen molar-refractivity contribution < 1.29 is 13.9 Å². The van der Waals surface area contributed by atoms with E-state index in [0.717, 1.165) is 12.2 Å². The summed E-state index contributed by atoms with van der Waals surface area (Å²) in [7, 11) is 3.70. The number of hydrogen-bond donors (Lipinski definition) is 0. The van der Waals surface area contributed by atoms with E-state index in [9.17, 15) is 9.18 Å². The zero-order chi connectivity index (χ0) is 25.3. The van der Waals surface area contributed by atoms with Crippen LogP contribution in [0.4, 0.5) is 4.39 Å². The van der Waals surface area contributed by atoms with Crippen LogP contribution in [0.3, 0.4) is 0 Å². The van der Waals surface area contributed by atoms with Crippen LogP contribution in [0, 0.1) is 24.1 Å². The molecule has 1 aliphatic rings. The molecule has 0 N–H and O–H groups in total. The summed E-state index contributed by atoms with van der Waals surface area (Å²) in [6.45, 7) is 11.9. The minimum absolute atomic E-state index is 0.0429. The minimum atomic E-state index is -0.630. The Balaban J connectivity index is 0.000000384. The molecule has 178 valence electrons. The lowest BCUT2D eigenvalue weighted by Crippen LogP contribution is -2.11. The minimum Gasteiger partial charge on any atom is -0.497 e. The van der Waals surface area contributed by atoms with E-state index in [-0.39, 0.29) is 11.3 Å². The van der Waals surface area contributed by atoms with Crippen molar-refractivity contribution >= 4 is 6.29 Å². The fraction of sp³-hybridized carbons (Fsp3) is 0.296. The largest absolute Gasteiger partial charge is 0.497 e. The fourth-order valence-electron chi connectivity index (χ4n) is 3.50. The molecule has 1 fully saturated rings. The number of imidazole rings is 1. The first-order valence-corrected chi connectivity index (χ1v) is 11.1. The number of ether oxygens (including phenoxy) is 1. The third-order valence-electron chi connectivity index (χ3n) is 5.27. The molecule has 2 heterocycles. The molecule has 0 saturated carbocycles. The third kappa shape index (κ3) is 6.18. The van der Waals surface area contributed by atoms with Crippen molar-refractivity contribution in [2.75, 3.05) is 27.2 Å². The molecule has 0 spiro atoms. The topological polar surface area (TPSA) is 71.2 Å². The molecule has 6 nitrogen and oxygen atoms in total. The Kier molecular flexibility index (Phi) is 9.72. The van der Waals surface area contributed by atoms with E-state index in [4.69, 9.17) is 10.00 Å². The van der Waals surface area contributed by atoms with Crippen LogP contribution >= 0.6 is 0 Å². The van der Waals surface area contributed by atoms with E-state index in [1.165, 1.54) is 30.7 Å². The second-order valence-corrected chi connectivity index (χ2v) is 7.60. The molecular formula is C27H31FN4O2. The van der Waals surface area contributed by atoms with E-state index in [1.54, 1.807) is 42.9 Å². The number of likely N-dealkylation sites (tertiary alicyclic amines) is 1. The van der Waals surface area contributed by atoms with Gasteiger partial charge in [-0.25, -0.2) is 9.37 Å². The molecular weight excluding hydrogens is 431 g/mol. The van der Waals surface area contributed by atoms with Crippen molar-refractivity contribution in [3.63, 3.8) is 0 Å². The Morgan fingerprint density at radius 1 is 1.21 bits per heavy atom. The molecule has 1 aliphatic heterocycles. The Bertz CT molecular complexity index is 1180. The van der Waals surface area contributed by atoms with Crippen molar-refractivity contribution in [1.82, 2.24) is 14.5 Å². The molecule has 4 rings (SSSR count). The summed E-state index contributed by atoms with van der Waals surface area (Å²) < 4.78 is 20.9. The lowest BCUT2D eigenvalue weighted by Gasteiger charge is -2.11. The highest BCUT2D eigenvalue weighted by atomic mass is 19.1. The molecule has 0 amide bonds. The zero-order valence-electron chi connectivity index (χ0n) is 20.4. The van der Waals surface area contributed by atoms with Crippen LogP contribution in [-0.2, 0) is 0 Å². The normalized spacial score (nSPS) is 12.7. The fourth-order valence-corrected chi connectivity index (χ4v) is 3.50. The van der Waals surface area contributed by atoms with Crippen LogP contribution < -0.4 is 4.74 Å². The number of methoxy groups -OCH3 is 1. The highest BCUT2D eigenvalue weighted by Crippen LogP contribution is 2.28. The number of nitriles is 1. The average molecular weight is 463 g/mol. The van der Waals surface area contributed by atoms with Crippen LogP contribution in [0.1, 0.15) is 42.0 Å². The van der Waals surface area contributed by atoms with Crippen molar-refractivity contribution in [3.05, 3.63) is 77.4 Å². The summed E-state index contributed by atoms with van der Waals surface area (Å²) in [6.07, 6.45) is 1.87. The molecule has 1 saturated heterocycles. The SMILES string of the molecule is C=C1CCN(C)C1.CC.COc1ccc(-n2c(-c3ccc(C#N)c(F)c3)nc(C=O)c2C)cc1. The van der Waals surface area contributed by atoms with E-state index >= 15 is 0 Å². The summed E-state index contributed by atoms with van der Waals surface area (Å²) in [5.74, 6) is 0.492. The Hall–Kier alpha value is -3.76. The van der Waals surface area contributed by atoms with E-state index in [1.807, 2.05) is 26.0 Å². The zero-order valence-corrected chi connectivity index (χ0v) is 20.4. The maximum Gasteiger partial charge on any atom is 0.170 e. The van der Waals surface area contributed by atoms with Crippen LogP contribution in [0.5, 0.6) is 5.75 Å².